The van der Waals surface area contributed by atoms with Crippen LogP contribution < -0.4 is 24.8 Å². The molecular weight excluding hydrogens is 565 g/mol. The van der Waals surface area contributed by atoms with Gasteiger partial charge < -0.3 is 24.8 Å². The van der Waals surface area contributed by atoms with Gasteiger partial charge in [-0.25, -0.2) is 0 Å². The molecule has 2 aliphatic rings. The van der Waals surface area contributed by atoms with Gasteiger partial charge in [-0.15, -0.1) is 0 Å². The van der Waals surface area contributed by atoms with Crippen molar-refractivity contribution in [3.63, 3.8) is 0 Å². The fourth-order valence-corrected chi connectivity index (χ4v) is 16.8. The molecule has 2 atom stereocenters. The van der Waals surface area contributed by atoms with E-state index in [0.29, 0.717) is 8.45 Å². The van der Waals surface area contributed by atoms with Gasteiger partial charge >= 0.3 is 228 Å². The monoisotopic (exact) mass is 608 g/mol. The predicted octanol–water partition coefficient (Wildman–Crippen LogP) is 4.65. The zero-order chi connectivity index (χ0) is 24.9. The van der Waals surface area contributed by atoms with Crippen LogP contribution in [0, 0.1) is 0 Å². The van der Waals surface area contributed by atoms with E-state index >= 15 is 0 Å². The molecular formula is C32H44Cl2P2Ti. The number of benzene rings is 2. The Labute approximate surface area is 251 Å². The van der Waals surface area contributed by atoms with Crippen molar-refractivity contribution in [2.75, 3.05) is 12.3 Å². The maximum atomic E-state index is 2.67. The van der Waals surface area contributed by atoms with Crippen LogP contribution >= 0.6 is 15.8 Å². The fraction of sp³-hybridized carbons (Fsp3) is 0.500. The van der Waals surface area contributed by atoms with Gasteiger partial charge in [0.2, 0.25) is 0 Å². The van der Waals surface area contributed by atoms with E-state index in [2.05, 4.69) is 102 Å². The van der Waals surface area contributed by atoms with Crippen molar-refractivity contribution < 1.29 is 44.0 Å². The fourth-order valence-electron chi connectivity index (χ4n) is 5.89. The number of rotatable bonds is 12. The average molecular weight is 609 g/mol. The van der Waals surface area contributed by atoms with E-state index in [0.717, 1.165) is 11.3 Å². The van der Waals surface area contributed by atoms with Crippen molar-refractivity contribution in [3.8, 4) is 0 Å². The molecule has 37 heavy (non-hydrogen) atoms. The van der Waals surface area contributed by atoms with Crippen LogP contribution in [-0.4, -0.2) is 23.6 Å². The van der Waals surface area contributed by atoms with Crippen molar-refractivity contribution in [3.05, 3.63) is 81.4 Å². The third-order valence-corrected chi connectivity index (χ3v) is 17.3. The first kappa shape index (κ1) is 33.3. The Balaban J connectivity index is 0.00000241. The molecule has 0 N–H and O–H groups in total. The molecule has 0 aromatic heterocycles. The van der Waals surface area contributed by atoms with E-state index in [1.807, 2.05) is 10.6 Å². The zero-order valence-electron chi connectivity index (χ0n) is 23.5. The van der Waals surface area contributed by atoms with Crippen LogP contribution in [0.15, 0.2) is 59.2 Å². The molecule has 5 heteroatoms. The van der Waals surface area contributed by atoms with Gasteiger partial charge in [0.1, 0.15) is 0 Å². The SMILES string of the molecule is CCCCP(CCCC)C1=Cc2ccccc2[CH]1[Ti+2][CH]1C(P(C(C)C)C(C)C)=Cc2ccccc21.[Cl-].[Cl-]. The molecule has 200 valence electrons. The van der Waals surface area contributed by atoms with Gasteiger partial charge in [-0.2, -0.15) is 0 Å². The second-order valence-electron chi connectivity index (χ2n) is 10.7. The minimum Gasteiger partial charge on any atom is -1.00 e. The Bertz CT molecular complexity index is 1050. The zero-order valence-corrected chi connectivity index (χ0v) is 28.3. The van der Waals surface area contributed by atoms with Crippen LogP contribution in [0.1, 0.15) is 97.9 Å². The van der Waals surface area contributed by atoms with Gasteiger partial charge in [0.05, 0.1) is 0 Å². The first-order valence-electron chi connectivity index (χ1n) is 13.9. The van der Waals surface area contributed by atoms with E-state index in [1.165, 1.54) is 49.1 Å². The second-order valence-corrected chi connectivity index (χ2v) is 18.9. The van der Waals surface area contributed by atoms with Crippen molar-refractivity contribution in [2.45, 2.75) is 87.0 Å². The number of allylic oxidation sites excluding steroid dienone is 2. The Hall–Kier alpha value is 0.0743. The molecule has 2 aromatic rings. The Morgan fingerprint density at radius 1 is 0.676 bits per heavy atom. The Kier molecular flexibility index (Phi) is 14.2. The van der Waals surface area contributed by atoms with Crippen LogP contribution in [0.25, 0.3) is 12.2 Å². The summed E-state index contributed by atoms with van der Waals surface area (Å²) in [5.41, 5.74) is 7.84. The maximum absolute atomic E-state index is 2.67. The van der Waals surface area contributed by atoms with Crippen LogP contribution in [0.5, 0.6) is 0 Å². The van der Waals surface area contributed by atoms with Crippen LogP contribution in [0.2, 0.25) is 0 Å². The summed E-state index contributed by atoms with van der Waals surface area (Å²) in [6.07, 6.45) is 13.6. The maximum Gasteiger partial charge on any atom is -1.00 e. The Morgan fingerprint density at radius 2 is 1.11 bits per heavy atom. The molecule has 0 spiro atoms. The molecule has 4 rings (SSSR count). The summed E-state index contributed by atoms with van der Waals surface area (Å²) in [7, 11) is -0.146. The summed E-state index contributed by atoms with van der Waals surface area (Å²) in [6.45, 7) is 14.6. The number of hydrogen-bond donors (Lipinski definition) is 0. The van der Waals surface area contributed by atoms with Crippen molar-refractivity contribution in [1.82, 2.24) is 0 Å². The van der Waals surface area contributed by atoms with Gasteiger partial charge in [-0.05, 0) is 0 Å². The summed E-state index contributed by atoms with van der Waals surface area (Å²) in [5, 5.41) is 3.69. The standard InChI is InChI=1S/C17H24P.C15H20P.2ClH.Ti/c1-3-5-11-18(12-6-4-2)17-13-15-9-7-8-10-16(15)14-17;1-11(2)16(12(3)4)15-9-13-7-5-6-8-14(13)10-15;;;/h7-10,13-14H,3-6,11-12H2,1-2H3;5-12H,1-4H3;2*1H;/q;;;;+2/p-2. The number of halogens is 2. The van der Waals surface area contributed by atoms with Gasteiger partial charge in [-0.3, -0.25) is 0 Å². The molecule has 0 heterocycles. The number of hydrogen-bond acceptors (Lipinski definition) is 0. The van der Waals surface area contributed by atoms with Crippen LogP contribution in [0.3, 0.4) is 0 Å². The third-order valence-electron chi connectivity index (χ3n) is 7.48. The van der Waals surface area contributed by atoms with E-state index in [4.69, 9.17) is 0 Å². The van der Waals surface area contributed by atoms with Crippen molar-refractivity contribution in [1.29, 1.82) is 0 Å². The van der Waals surface area contributed by atoms with Gasteiger partial charge in [0, 0.05) is 0 Å². The molecule has 0 amide bonds. The summed E-state index contributed by atoms with van der Waals surface area (Å²) in [4.78, 5) is 0. The first-order chi connectivity index (χ1) is 17.0. The quantitative estimate of drug-likeness (QED) is 0.243. The van der Waals surface area contributed by atoms with Gasteiger partial charge in [-0.1, -0.05) is 0 Å². The number of unbranched alkanes of at least 4 members (excludes halogenated alkanes) is 2. The molecule has 0 saturated carbocycles. The molecule has 0 aliphatic heterocycles. The summed E-state index contributed by atoms with van der Waals surface area (Å²) < 4.78 is 1.40. The number of fused-ring (bicyclic) bond motifs is 2. The molecule has 0 saturated heterocycles. The summed E-state index contributed by atoms with van der Waals surface area (Å²) in [6, 6.07) is 18.8. The third kappa shape index (κ3) is 7.63. The van der Waals surface area contributed by atoms with Crippen LogP contribution in [0.4, 0.5) is 0 Å². The van der Waals surface area contributed by atoms with Crippen molar-refractivity contribution in [2.24, 2.45) is 0 Å². The van der Waals surface area contributed by atoms with Crippen molar-refractivity contribution >= 4 is 28.0 Å². The van der Waals surface area contributed by atoms with Gasteiger partial charge in [0.15, 0.2) is 0 Å². The van der Waals surface area contributed by atoms with E-state index in [1.54, 1.807) is 11.1 Å². The molecule has 0 bridgehead atoms. The average Bonchev–Trinajstić information content (AvgIpc) is 3.38. The minimum atomic E-state index is -0.278. The smallest absolute Gasteiger partial charge is 1.00 e. The molecule has 0 nitrogen and oxygen atoms in total. The van der Waals surface area contributed by atoms with E-state index in [-0.39, 0.29) is 59.8 Å². The predicted molar refractivity (Wildman–Crippen MR) is 158 cm³/mol. The largest absolute Gasteiger partial charge is 1.00 e. The second kappa shape index (κ2) is 15.8. The van der Waals surface area contributed by atoms with E-state index in [9.17, 15) is 0 Å². The van der Waals surface area contributed by atoms with Gasteiger partial charge in [0.25, 0.3) is 0 Å². The molecule has 0 radical (unpaired) electrons. The Morgan fingerprint density at radius 3 is 1.57 bits per heavy atom. The molecule has 0 fully saturated rings. The summed E-state index contributed by atoms with van der Waals surface area (Å²) in [5.74, 6) is 0. The molecule has 2 aromatic carbocycles. The molecule has 2 aliphatic carbocycles. The van der Waals surface area contributed by atoms with Crippen LogP contribution in [-0.2, 0) is 19.2 Å². The topological polar surface area (TPSA) is 0 Å². The summed E-state index contributed by atoms with van der Waals surface area (Å²) >= 11 is -0.278. The van der Waals surface area contributed by atoms with E-state index < -0.39 is 0 Å². The molecule has 2 unspecified atom stereocenters. The first-order valence-corrected chi connectivity index (χ1v) is 18.9. The normalized spacial score (nSPS) is 17.8. The minimum absolute atomic E-state index is 0.